The number of carboxylic acids is 1. The Morgan fingerprint density at radius 2 is 2.09 bits per heavy atom. The number of carboxylic acid groups (broad SMARTS) is 1. The number of aliphatic carboxylic acids is 1. The molecule has 0 spiro atoms. The summed E-state index contributed by atoms with van der Waals surface area (Å²) in [7, 11) is 0. The van der Waals surface area contributed by atoms with Gasteiger partial charge in [0, 0.05) is 12.7 Å². The van der Waals surface area contributed by atoms with Gasteiger partial charge in [0.25, 0.3) is 0 Å². The van der Waals surface area contributed by atoms with E-state index in [4.69, 9.17) is 10.2 Å². The topological polar surface area (TPSA) is 57.5 Å². The average Bonchev–Trinajstić information content (AvgIpc) is 1.86. The van der Waals surface area contributed by atoms with E-state index in [0.29, 0.717) is 6.42 Å². The third-order valence-corrected chi connectivity index (χ3v) is 1.45. The highest BCUT2D eigenvalue weighted by molar-refractivity contribution is 5.80. The van der Waals surface area contributed by atoms with Gasteiger partial charge in [-0.15, -0.1) is 0 Å². The van der Waals surface area contributed by atoms with Crippen molar-refractivity contribution >= 4 is 5.97 Å². The molecular weight excluding hydrogens is 144 g/mol. The van der Waals surface area contributed by atoms with Crippen LogP contribution in [0.5, 0.6) is 0 Å². The first-order chi connectivity index (χ1) is 5.07. The van der Waals surface area contributed by atoms with Crippen LogP contribution in [0.2, 0.25) is 0 Å². The Labute approximate surface area is 66.4 Å². The van der Waals surface area contributed by atoms with Crippen LogP contribution < -0.4 is 0 Å². The van der Waals surface area contributed by atoms with Gasteiger partial charge in [-0.25, -0.2) is 4.79 Å². The van der Waals surface area contributed by atoms with Crippen LogP contribution >= 0.6 is 0 Å². The molecule has 0 aliphatic carbocycles. The molecule has 0 heterocycles. The molecule has 0 bridgehead atoms. The minimum atomic E-state index is -0.942. The Morgan fingerprint density at radius 1 is 1.55 bits per heavy atom. The fourth-order valence-corrected chi connectivity index (χ4v) is 0.815. The van der Waals surface area contributed by atoms with Crippen LogP contribution in [-0.2, 0) is 4.79 Å². The molecule has 0 aliphatic rings. The lowest BCUT2D eigenvalue weighted by Gasteiger charge is -2.07. The maximum Gasteiger partial charge on any atom is 0.328 e. The van der Waals surface area contributed by atoms with Crippen molar-refractivity contribution in [3.05, 3.63) is 11.6 Å². The van der Waals surface area contributed by atoms with Gasteiger partial charge in [-0.2, -0.15) is 0 Å². The highest BCUT2D eigenvalue weighted by Crippen LogP contribution is 2.12. The summed E-state index contributed by atoms with van der Waals surface area (Å²) in [6, 6.07) is 0. The number of aliphatic hydroxyl groups is 1. The van der Waals surface area contributed by atoms with Crippen molar-refractivity contribution in [2.45, 2.75) is 20.3 Å². The molecule has 3 nitrogen and oxygen atoms in total. The van der Waals surface area contributed by atoms with E-state index in [0.717, 1.165) is 5.57 Å². The number of carbonyl (C=O) groups is 1. The molecule has 64 valence electrons. The van der Waals surface area contributed by atoms with Crippen LogP contribution in [0, 0.1) is 5.92 Å². The Morgan fingerprint density at radius 3 is 2.36 bits per heavy atom. The highest BCUT2D eigenvalue weighted by atomic mass is 16.4. The van der Waals surface area contributed by atoms with Gasteiger partial charge in [0.05, 0.1) is 0 Å². The first kappa shape index (κ1) is 10.2. The molecule has 0 atom stereocenters. The first-order valence-electron chi connectivity index (χ1n) is 3.62. The molecule has 0 radical (unpaired) electrons. The normalized spacial score (nSPS) is 12.2. The van der Waals surface area contributed by atoms with E-state index in [1.165, 1.54) is 6.08 Å². The molecule has 0 aromatic heterocycles. The van der Waals surface area contributed by atoms with Crippen molar-refractivity contribution in [3.8, 4) is 0 Å². The second kappa shape index (κ2) is 4.91. The van der Waals surface area contributed by atoms with Crippen molar-refractivity contribution in [2.24, 2.45) is 5.92 Å². The monoisotopic (exact) mass is 158 g/mol. The quantitative estimate of drug-likeness (QED) is 0.601. The standard InChI is InChI=1S/C8H14O3/c1-6(2)7(3-4-9)5-8(10)11/h5-6,9H,3-4H2,1-2H3,(H,10,11). The van der Waals surface area contributed by atoms with E-state index < -0.39 is 5.97 Å². The average molecular weight is 158 g/mol. The summed E-state index contributed by atoms with van der Waals surface area (Å²) in [6.45, 7) is 3.83. The van der Waals surface area contributed by atoms with Crippen LogP contribution in [0.1, 0.15) is 20.3 Å². The van der Waals surface area contributed by atoms with E-state index in [9.17, 15) is 4.79 Å². The SMILES string of the molecule is CC(C)C(=CC(=O)O)CCO. The summed E-state index contributed by atoms with van der Waals surface area (Å²) in [4.78, 5) is 10.2. The molecule has 0 unspecified atom stereocenters. The number of rotatable bonds is 4. The molecule has 0 aromatic carbocycles. The minimum absolute atomic E-state index is 0.0112. The fraction of sp³-hybridized carbons (Fsp3) is 0.625. The molecule has 0 rings (SSSR count). The molecule has 3 heteroatoms. The van der Waals surface area contributed by atoms with Gasteiger partial charge in [-0.3, -0.25) is 0 Å². The maximum atomic E-state index is 10.2. The fourth-order valence-electron chi connectivity index (χ4n) is 0.815. The van der Waals surface area contributed by atoms with Gasteiger partial charge >= 0.3 is 5.97 Å². The molecule has 0 fully saturated rings. The zero-order valence-electron chi connectivity index (χ0n) is 6.87. The van der Waals surface area contributed by atoms with E-state index in [1.807, 2.05) is 13.8 Å². The van der Waals surface area contributed by atoms with Crippen molar-refractivity contribution in [1.82, 2.24) is 0 Å². The van der Waals surface area contributed by atoms with Crippen molar-refractivity contribution in [2.75, 3.05) is 6.61 Å². The summed E-state index contributed by atoms with van der Waals surface area (Å²) in [5.74, 6) is -0.750. The zero-order chi connectivity index (χ0) is 8.85. The second-order valence-electron chi connectivity index (χ2n) is 2.69. The summed E-state index contributed by atoms with van der Waals surface area (Å²) in [5, 5.41) is 17.0. The highest BCUT2D eigenvalue weighted by Gasteiger charge is 2.03. The lowest BCUT2D eigenvalue weighted by atomic mass is 10.0. The van der Waals surface area contributed by atoms with E-state index in [-0.39, 0.29) is 12.5 Å². The van der Waals surface area contributed by atoms with Crippen molar-refractivity contribution in [1.29, 1.82) is 0 Å². The lowest BCUT2D eigenvalue weighted by molar-refractivity contribution is -0.131. The molecule has 0 amide bonds. The van der Waals surface area contributed by atoms with Crippen LogP contribution in [0.25, 0.3) is 0 Å². The third kappa shape index (κ3) is 4.56. The number of hydrogen-bond donors (Lipinski definition) is 2. The molecule has 0 saturated carbocycles. The van der Waals surface area contributed by atoms with Crippen molar-refractivity contribution in [3.63, 3.8) is 0 Å². The van der Waals surface area contributed by atoms with Crippen LogP contribution in [0.4, 0.5) is 0 Å². The summed E-state index contributed by atoms with van der Waals surface area (Å²) in [5.41, 5.74) is 0.778. The predicted octanol–water partition coefficient (Wildman–Crippen LogP) is 1.04. The summed E-state index contributed by atoms with van der Waals surface area (Å²) >= 11 is 0. The summed E-state index contributed by atoms with van der Waals surface area (Å²) in [6.07, 6.45) is 1.62. The van der Waals surface area contributed by atoms with Gasteiger partial charge in [0.2, 0.25) is 0 Å². The molecule has 0 saturated heterocycles. The van der Waals surface area contributed by atoms with Crippen LogP contribution in [-0.4, -0.2) is 22.8 Å². The third-order valence-electron chi connectivity index (χ3n) is 1.45. The Kier molecular flexibility index (Phi) is 4.54. The van der Waals surface area contributed by atoms with E-state index >= 15 is 0 Å². The molecule has 2 N–H and O–H groups in total. The van der Waals surface area contributed by atoms with Gasteiger partial charge < -0.3 is 10.2 Å². The zero-order valence-corrected chi connectivity index (χ0v) is 6.87. The maximum absolute atomic E-state index is 10.2. The van der Waals surface area contributed by atoms with Gasteiger partial charge in [0.15, 0.2) is 0 Å². The Hall–Kier alpha value is -0.830. The summed E-state index contributed by atoms with van der Waals surface area (Å²) < 4.78 is 0. The van der Waals surface area contributed by atoms with E-state index in [2.05, 4.69) is 0 Å². The van der Waals surface area contributed by atoms with Gasteiger partial charge in [-0.05, 0) is 12.3 Å². The largest absolute Gasteiger partial charge is 0.478 e. The number of aliphatic hydroxyl groups excluding tert-OH is 1. The lowest BCUT2D eigenvalue weighted by Crippen LogP contribution is -2.01. The second-order valence-corrected chi connectivity index (χ2v) is 2.69. The number of hydrogen-bond acceptors (Lipinski definition) is 2. The van der Waals surface area contributed by atoms with Crippen LogP contribution in [0.3, 0.4) is 0 Å². The molecule has 0 aromatic rings. The van der Waals surface area contributed by atoms with Gasteiger partial charge in [0.1, 0.15) is 0 Å². The molecular formula is C8H14O3. The minimum Gasteiger partial charge on any atom is -0.478 e. The predicted molar refractivity (Wildman–Crippen MR) is 42.3 cm³/mol. The van der Waals surface area contributed by atoms with Crippen LogP contribution in [0.15, 0.2) is 11.6 Å². The van der Waals surface area contributed by atoms with Gasteiger partial charge in [-0.1, -0.05) is 19.4 Å². The first-order valence-corrected chi connectivity index (χ1v) is 3.62. The molecule has 0 aliphatic heterocycles. The van der Waals surface area contributed by atoms with E-state index in [1.54, 1.807) is 0 Å². The van der Waals surface area contributed by atoms with Crippen molar-refractivity contribution < 1.29 is 15.0 Å². The molecule has 11 heavy (non-hydrogen) atoms. The Bertz CT molecular complexity index is 159. The smallest absolute Gasteiger partial charge is 0.328 e. The Balaban J connectivity index is 4.20.